The van der Waals surface area contributed by atoms with Gasteiger partial charge in [-0.3, -0.25) is 0 Å². The number of aromatic hydroxyl groups is 1. The number of hydrogen-bond acceptors (Lipinski definition) is 2. The molecule has 90 valence electrons. The van der Waals surface area contributed by atoms with Gasteiger partial charge in [-0.1, -0.05) is 36.4 Å². The Kier molecular flexibility index (Phi) is 5.51. The summed E-state index contributed by atoms with van der Waals surface area (Å²) in [5.74, 6) is 1.29. The lowest BCUT2D eigenvalue weighted by Crippen LogP contribution is -1.77. The predicted molar refractivity (Wildman–Crippen MR) is 74.4 cm³/mol. The van der Waals surface area contributed by atoms with Crippen molar-refractivity contribution in [3.05, 3.63) is 59.7 Å². The molecule has 2 rings (SSSR count). The average Bonchev–Trinajstić information content (AvgIpc) is 2.34. The summed E-state index contributed by atoms with van der Waals surface area (Å²) < 4.78 is 4.96. The fourth-order valence-electron chi connectivity index (χ4n) is 1.25. The van der Waals surface area contributed by atoms with Crippen LogP contribution in [0.4, 0.5) is 0 Å². The van der Waals surface area contributed by atoms with Gasteiger partial charge in [0.2, 0.25) is 0 Å². The zero-order valence-corrected chi connectivity index (χ0v) is 11.2. The monoisotopic (exact) mass is 248 g/mol. The van der Waals surface area contributed by atoms with Crippen molar-refractivity contribution in [3.63, 3.8) is 0 Å². The molecule has 2 aromatic rings. The van der Waals surface area contributed by atoms with Crippen LogP contribution in [0.2, 0.25) is 0 Å². The second-order valence-corrected chi connectivity index (χ2v) is 3.91. The van der Waals surface area contributed by atoms with Gasteiger partial charge in [0.05, 0.1) is 9.47 Å². The van der Waals surface area contributed by atoms with Crippen LogP contribution in [0.3, 0.4) is 0 Å². The third kappa shape index (κ3) is 4.46. The quantitative estimate of drug-likeness (QED) is 0.776. The van der Waals surface area contributed by atoms with Gasteiger partial charge in [-0.25, -0.2) is 0 Å². The van der Waals surface area contributed by atoms with Crippen molar-refractivity contribution < 1.29 is 9.63 Å². The van der Waals surface area contributed by atoms with Gasteiger partial charge in [-0.05, 0) is 37.1 Å². The Balaban J connectivity index is 0.000000171. The van der Waals surface area contributed by atoms with Gasteiger partial charge >= 0.3 is 0 Å². The highest BCUT2D eigenvalue weighted by molar-refractivity contribution is 7.10. The van der Waals surface area contributed by atoms with Crippen LogP contribution in [-0.4, -0.2) is 5.11 Å². The molecule has 0 aliphatic rings. The van der Waals surface area contributed by atoms with E-state index in [-0.39, 0.29) is 0 Å². The van der Waals surface area contributed by atoms with Gasteiger partial charge in [-0.2, -0.15) is 0 Å². The van der Waals surface area contributed by atoms with Crippen molar-refractivity contribution in [3.8, 4) is 11.5 Å². The summed E-state index contributed by atoms with van der Waals surface area (Å²) in [6.45, 7) is 3.88. The molecule has 3 heteroatoms. The molecule has 1 atom stereocenters. The second-order valence-electron chi connectivity index (χ2n) is 3.67. The maximum Gasteiger partial charge on any atom is 0.125 e. The van der Waals surface area contributed by atoms with E-state index < -0.39 is 0 Å². The molecule has 0 heterocycles. The van der Waals surface area contributed by atoms with E-state index in [0.29, 0.717) is 5.75 Å². The number of benzene rings is 2. The summed E-state index contributed by atoms with van der Waals surface area (Å²) in [6.07, 6.45) is 0. The number of phenols is 1. The fraction of sp³-hybridized carbons (Fsp3) is 0.143. The molecule has 2 nitrogen and oxygen atoms in total. The van der Waals surface area contributed by atoms with Gasteiger partial charge in [0.25, 0.3) is 0 Å². The van der Waals surface area contributed by atoms with E-state index in [1.54, 1.807) is 6.07 Å². The second kappa shape index (κ2) is 6.93. The average molecular weight is 248 g/mol. The van der Waals surface area contributed by atoms with Crippen LogP contribution in [0.25, 0.3) is 0 Å². The molecule has 17 heavy (non-hydrogen) atoms. The van der Waals surface area contributed by atoms with E-state index in [4.69, 9.17) is 9.63 Å². The number of aryl methyl sites for hydroxylation is 2. The van der Waals surface area contributed by atoms with Gasteiger partial charge in [0.15, 0.2) is 0 Å². The summed E-state index contributed by atoms with van der Waals surface area (Å²) >= 11 is 0. The minimum Gasteiger partial charge on any atom is -0.508 e. The van der Waals surface area contributed by atoms with Crippen molar-refractivity contribution in [1.82, 2.24) is 0 Å². The van der Waals surface area contributed by atoms with Gasteiger partial charge in [0, 0.05) is 0 Å². The molecule has 0 aromatic heterocycles. The highest BCUT2D eigenvalue weighted by Crippen LogP contribution is 2.17. The molecule has 1 unspecified atom stereocenters. The smallest absolute Gasteiger partial charge is 0.125 e. The normalized spacial score (nSPS) is 9.12. The summed E-state index contributed by atoms with van der Waals surface area (Å²) in [5.41, 5.74) is 2.08. The van der Waals surface area contributed by atoms with Gasteiger partial charge in [0.1, 0.15) is 11.5 Å². The van der Waals surface area contributed by atoms with Crippen LogP contribution < -0.4 is 4.52 Å². The molecule has 0 aliphatic carbocycles. The van der Waals surface area contributed by atoms with Crippen LogP contribution in [0.15, 0.2) is 48.5 Å². The summed E-state index contributed by atoms with van der Waals surface area (Å²) in [6, 6.07) is 15.1. The van der Waals surface area contributed by atoms with E-state index in [1.807, 2.05) is 56.3 Å². The number of rotatable bonds is 1. The Labute approximate surface area is 105 Å². The number of hydrogen-bond donors (Lipinski definition) is 1. The molecule has 2 aromatic carbocycles. The van der Waals surface area contributed by atoms with Crippen molar-refractivity contribution in [2.75, 3.05) is 0 Å². The lowest BCUT2D eigenvalue weighted by molar-refractivity contribution is 0.471. The zero-order chi connectivity index (χ0) is 12.7. The van der Waals surface area contributed by atoms with E-state index in [0.717, 1.165) is 16.9 Å². The Morgan fingerprint density at radius 3 is 1.76 bits per heavy atom. The number of para-hydroxylation sites is 2. The molecular formula is C14H17O2P. The van der Waals surface area contributed by atoms with Crippen molar-refractivity contribution in [2.45, 2.75) is 13.8 Å². The molecule has 0 spiro atoms. The van der Waals surface area contributed by atoms with Crippen LogP contribution in [0, 0.1) is 13.8 Å². The first-order chi connectivity index (χ1) is 8.15. The summed E-state index contributed by atoms with van der Waals surface area (Å²) in [7, 11) is 2.23. The van der Waals surface area contributed by atoms with Crippen LogP contribution in [-0.2, 0) is 0 Å². The molecular weight excluding hydrogens is 231 g/mol. The Morgan fingerprint density at radius 1 is 0.882 bits per heavy atom. The van der Waals surface area contributed by atoms with Crippen molar-refractivity contribution in [1.29, 1.82) is 0 Å². The maximum atomic E-state index is 8.92. The van der Waals surface area contributed by atoms with Crippen LogP contribution in [0.1, 0.15) is 11.1 Å². The molecule has 0 amide bonds. The van der Waals surface area contributed by atoms with Crippen molar-refractivity contribution in [2.24, 2.45) is 0 Å². The third-order valence-corrected chi connectivity index (χ3v) is 2.59. The standard InChI is InChI=1S/C7H9OP.C7H8O/c1-6-4-2-3-5-7(6)8-9;1-6-4-2-3-5-7(6)8/h2-5H,9H2,1H3;2-5,8H,1H3. The topological polar surface area (TPSA) is 29.5 Å². The Hall–Kier alpha value is -1.53. The molecule has 0 aliphatic heterocycles. The van der Waals surface area contributed by atoms with Gasteiger partial charge in [-0.15, -0.1) is 0 Å². The van der Waals surface area contributed by atoms with E-state index in [1.165, 1.54) is 0 Å². The summed E-state index contributed by atoms with van der Waals surface area (Å²) in [5, 5.41) is 8.92. The molecule has 0 bridgehead atoms. The first kappa shape index (κ1) is 13.5. The first-order valence-electron chi connectivity index (χ1n) is 5.32. The van der Waals surface area contributed by atoms with E-state index >= 15 is 0 Å². The van der Waals surface area contributed by atoms with Crippen molar-refractivity contribution >= 4 is 9.47 Å². The van der Waals surface area contributed by atoms with Crippen LogP contribution >= 0.6 is 9.47 Å². The van der Waals surface area contributed by atoms with E-state index in [2.05, 4.69) is 9.47 Å². The molecule has 1 N–H and O–H groups in total. The SMILES string of the molecule is Cc1ccccc1O.Cc1ccccc1OP. The summed E-state index contributed by atoms with van der Waals surface area (Å²) in [4.78, 5) is 0. The fourth-order valence-corrected chi connectivity index (χ4v) is 1.52. The highest BCUT2D eigenvalue weighted by Gasteiger charge is 1.91. The Bertz CT molecular complexity index is 448. The third-order valence-electron chi connectivity index (χ3n) is 2.34. The first-order valence-corrected chi connectivity index (χ1v) is 5.79. The highest BCUT2D eigenvalue weighted by atomic mass is 31.0. The lowest BCUT2D eigenvalue weighted by atomic mass is 10.2. The molecule has 0 radical (unpaired) electrons. The lowest BCUT2D eigenvalue weighted by Gasteiger charge is -2.00. The minimum atomic E-state index is 0.368. The predicted octanol–water partition coefficient (Wildman–Crippen LogP) is 3.86. The van der Waals surface area contributed by atoms with E-state index in [9.17, 15) is 0 Å². The molecule has 0 saturated heterocycles. The largest absolute Gasteiger partial charge is 0.508 e. The molecule has 0 fully saturated rings. The Morgan fingerprint density at radius 2 is 1.41 bits per heavy atom. The van der Waals surface area contributed by atoms with Gasteiger partial charge < -0.3 is 9.63 Å². The molecule has 0 saturated carbocycles. The van der Waals surface area contributed by atoms with Crippen LogP contribution in [0.5, 0.6) is 11.5 Å². The minimum absolute atomic E-state index is 0.368. The maximum absolute atomic E-state index is 8.92. The number of phenolic OH excluding ortho intramolecular Hbond substituents is 1. The zero-order valence-electron chi connectivity index (χ0n) is 10.1.